The van der Waals surface area contributed by atoms with Crippen LogP contribution in [0.2, 0.25) is 0 Å². The van der Waals surface area contributed by atoms with Crippen molar-refractivity contribution >= 4 is 17.5 Å². The van der Waals surface area contributed by atoms with Crippen molar-refractivity contribution in [2.45, 2.75) is 33.1 Å². The molecule has 5 nitrogen and oxygen atoms in total. The van der Waals surface area contributed by atoms with Crippen molar-refractivity contribution in [1.29, 1.82) is 0 Å². The second-order valence-electron chi connectivity index (χ2n) is 7.57. The molecule has 0 spiro atoms. The summed E-state index contributed by atoms with van der Waals surface area (Å²) in [4.78, 5) is 28.1. The molecule has 0 saturated heterocycles. The number of allylic oxidation sites excluding steroid dienone is 2. The molecule has 2 N–H and O–H groups in total. The Kier molecular flexibility index (Phi) is 5.18. The lowest BCUT2D eigenvalue weighted by Crippen LogP contribution is -2.32. The molecule has 0 amide bonds. The topological polar surface area (TPSA) is 87.5 Å². The average Bonchev–Trinajstić information content (AvgIpc) is 2.68. The van der Waals surface area contributed by atoms with E-state index in [2.05, 4.69) is 31.0 Å². The number of benzene rings is 1. The summed E-state index contributed by atoms with van der Waals surface area (Å²) in [6.07, 6.45) is 4.70. The quantitative estimate of drug-likeness (QED) is 0.784. The zero-order chi connectivity index (χ0) is 20.5. The highest BCUT2D eigenvalue weighted by molar-refractivity contribution is 5.99. The van der Waals surface area contributed by atoms with Crippen LogP contribution in [0, 0.1) is 5.41 Å². The monoisotopic (exact) mass is 377 g/mol. The smallest absolute Gasteiger partial charge is 0.331 e. The molecule has 2 aromatic rings. The lowest BCUT2D eigenvalue weighted by Gasteiger charge is -2.32. The number of carboxylic acids is 2. The molecular weight excluding hydrogens is 354 g/mol. The average molecular weight is 377 g/mol. The molecule has 28 heavy (non-hydrogen) atoms. The molecule has 1 heterocycles. The van der Waals surface area contributed by atoms with E-state index in [1.165, 1.54) is 11.6 Å². The van der Waals surface area contributed by atoms with Gasteiger partial charge in [-0.3, -0.25) is 9.78 Å². The van der Waals surface area contributed by atoms with Gasteiger partial charge in [0.25, 0.3) is 0 Å². The van der Waals surface area contributed by atoms with Gasteiger partial charge in [0.05, 0.1) is 11.1 Å². The van der Waals surface area contributed by atoms with Gasteiger partial charge in [-0.05, 0) is 42.5 Å². The van der Waals surface area contributed by atoms with Crippen LogP contribution in [-0.4, -0.2) is 27.1 Å². The minimum Gasteiger partial charge on any atom is -0.481 e. The maximum atomic E-state index is 12.1. The number of hydrogen-bond donors (Lipinski definition) is 2. The number of nitrogens with zero attached hydrogens (tertiary/aromatic N) is 1. The SMILES string of the molecule is CC(C)c1cccc(-c2ncccc2C2=CC=C(C(=O)O)CC2(C)C(=O)O)c1. The van der Waals surface area contributed by atoms with Crippen LogP contribution in [0.4, 0.5) is 0 Å². The molecule has 0 fully saturated rings. The van der Waals surface area contributed by atoms with Gasteiger partial charge in [-0.25, -0.2) is 4.79 Å². The number of aliphatic carboxylic acids is 2. The Morgan fingerprint density at radius 2 is 1.86 bits per heavy atom. The summed E-state index contributed by atoms with van der Waals surface area (Å²) in [5.41, 5.74) is 2.76. The van der Waals surface area contributed by atoms with Gasteiger partial charge in [-0.2, -0.15) is 0 Å². The van der Waals surface area contributed by atoms with E-state index in [1.807, 2.05) is 18.2 Å². The predicted octanol–water partition coefficient (Wildman–Crippen LogP) is 4.76. The Bertz CT molecular complexity index is 1000. The van der Waals surface area contributed by atoms with Gasteiger partial charge in [0.2, 0.25) is 0 Å². The Morgan fingerprint density at radius 1 is 1.11 bits per heavy atom. The maximum absolute atomic E-state index is 12.1. The number of rotatable bonds is 5. The summed E-state index contributed by atoms with van der Waals surface area (Å²) in [5.74, 6) is -1.80. The van der Waals surface area contributed by atoms with Gasteiger partial charge in [-0.1, -0.05) is 50.3 Å². The molecule has 5 heteroatoms. The summed E-state index contributed by atoms with van der Waals surface area (Å²) in [5, 5.41) is 19.2. The van der Waals surface area contributed by atoms with Crippen LogP contribution in [-0.2, 0) is 9.59 Å². The standard InChI is InChI=1S/C23H23NO4/c1-14(2)15-6-4-7-16(12-15)20-18(8-5-11-24-20)19-10-9-17(21(25)26)13-23(19,3)22(27)28/h4-12,14H,13H2,1-3H3,(H,25,26)(H,27,28). The molecule has 0 radical (unpaired) electrons. The van der Waals surface area contributed by atoms with E-state index in [1.54, 1.807) is 25.3 Å². The fourth-order valence-electron chi connectivity index (χ4n) is 3.53. The van der Waals surface area contributed by atoms with Crippen molar-refractivity contribution in [2.75, 3.05) is 0 Å². The summed E-state index contributed by atoms with van der Waals surface area (Å²) in [6.45, 7) is 5.79. The van der Waals surface area contributed by atoms with E-state index in [0.717, 1.165) is 5.56 Å². The molecule has 1 unspecified atom stereocenters. The fourth-order valence-corrected chi connectivity index (χ4v) is 3.53. The van der Waals surface area contributed by atoms with Gasteiger partial charge < -0.3 is 10.2 Å². The van der Waals surface area contributed by atoms with Crippen LogP contribution >= 0.6 is 0 Å². The molecule has 1 aromatic heterocycles. The van der Waals surface area contributed by atoms with Crippen molar-refractivity contribution in [2.24, 2.45) is 5.41 Å². The highest BCUT2D eigenvalue weighted by Gasteiger charge is 2.42. The maximum Gasteiger partial charge on any atom is 0.331 e. The Labute approximate surface area is 164 Å². The van der Waals surface area contributed by atoms with Gasteiger partial charge >= 0.3 is 11.9 Å². The van der Waals surface area contributed by atoms with Crippen LogP contribution < -0.4 is 0 Å². The largest absolute Gasteiger partial charge is 0.481 e. The van der Waals surface area contributed by atoms with Gasteiger partial charge in [0.15, 0.2) is 0 Å². The van der Waals surface area contributed by atoms with E-state index < -0.39 is 17.4 Å². The summed E-state index contributed by atoms with van der Waals surface area (Å²) in [6, 6.07) is 11.7. The number of carbonyl (C=O) groups is 2. The zero-order valence-electron chi connectivity index (χ0n) is 16.1. The minimum absolute atomic E-state index is 0.0795. The second kappa shape index (κ2) is 7.43. The lowest BCUT2D eigenvalue weighted by atomic mass is 9.70. The number of carboxylic acid groups (broad SMARTS) is 2. The molecule has 144 valence electrons. The van der Waals surface area contributed by atoms with E-state index >= 15 is 0 Å². The van der Waals surface area contributed by atoms with E-state index in [4.69, 9.17) is 0 Å². The Balaban J connectivity index is 2.20. The van der Waals surface area contributed by atoms with Crippen LogP contribution in [0.1, 0.15) is 44.2 Å². The first-order chi connectivity index (χ1) is 13.2. The molecule has 1 aliphatic rings. The second-order valence-corrected chi connectivity index (χ2v) is 7.57. The van der Waals surface area contributed by atoms with Gasteiger partial charge in [0.1, 0.15) is 0 Å². The van der Waals surface area contributed by atoms with Crippen LogP contribution in [0.15, 0.2) is 60.3 Å². The van der Waals surface area contributed by atoms with Crippen LogP contribution in [0.5, 0.6) is 0 Å². The van der Waals surface area contributed by atoms with E-state index in [9.17, 15) is 19.8 Å². The van der Waals surface area contributed by atoms with Gasteiger partial charge in [-0.15, -0.1) is 0 Å². The molecular formula is C23H23NO4. The molecule has 1 atom stereocenters. The summed E-state index contributed by atoms with van der Waals surface area (Å²) < 4.78 is 0. The number of hydrogen-bond acceptors (Lipinski definition) is 3. The van der Waals surface area contributed by atoms with Crippen molar-refractivity contribution < 1.29 is 19.8 Å². The van der Waals surface area contributed by atoms with Crippen molar-refractivity contribution in [3.05, 3.63) is 71.4 Å². The third-order valence-electron chi connectivity index (χ3n) is 5.26. The molecule has 1 aromatic carbocycles. The third kappa shape index (κ3) is 3.48. The van der Waals surface area contributed by atoms with E-state index in [-0.39, 0.29) is 12.0 Å². The summed E-state index contributed by atoms with van der Waals surface area (Å²) >= 11 is 0. The van der Waals surface area contributed by atoms with Crippen molar-refractivity contribution in [3.8, 4) is 11.3 Å². The van der Waals surface area contributed by atoms with Crippen molar-refractivity contribution in [3.63, 3.8) is 0 Å². The number of pyridine rings is 1. The first-order valence-corrected chi connectivity index (χ1v) is 9.18. The fraction of sp³-hybridized carbons (Fsp3) is 0.261. The molecule has 0 saturated carbocycles. The lowest BCUT2D eigenvalue weighted by molar-refractivity contribution is -0.144. The Hall–Kier alpha value is -3.21. The third-order valence-corrected chi connectivity index (χ3v) is 5.26. The predicted molar refractivity (Wildman–Crippen MR) is 108 cm³/mol. The number of aromatic nitrogens is 1. The normalized spacial score (nSPS) is 19.1. The summed E-state index contributed by atoms with van der Waals surface area (Å²) in [7, 11) is 0. The molecule has 3 rings (SSSR count). The molecule has 1 aliphatic carbocycles. The zero-order valence-corrected chi connectivity index (χ0v) is 16.1. The van der Waals surface area contributed by atoms with Gasteiger partial charge in [0, 0.05) is 22.9 Å². The Morgan fingerprint density at radius 3 is 2.50 bits per heavy atom. The van der Waals surface area contributed by atoms with E-state index in [0.29, 0.717) is 22.7 Å². The highest BCUT2D eigenvalue weighted by Crippen LogP contribution is 2.45. The minimum atomic E-state index is -1.35. The first kappa shape index (κ1) is 19.5. The van der Waals surface area contributed by atoms with Crippen molar-refractivity contribution in [1.82, 2.24) is 4.98 Å². The first-order valence-electron chi connectivity index (χ1n) is 9.18. The van der Waals surface area contributed by atoms with Crippen LogP contribution in [0.3, 0.4) is 0 Å². The molecule has 0 bridgehead atoms. The highest BCUT2D eigenvalue weighted by atomic mass is 16.4. The molecule has 0 aliphatic heterocycles. The van der Waals surface area contributed by atoms with Crippen LogP contribution in [0.25, 0.3) is 16.8 Å².